The summed E-state index contributed by atoms with van der Waals surface area (Å²) < 4.78 is 4.17. The van der Waals surface area contributed by atoms with Crippen molar-refractivity contribution >= 4 is 11.6 Å². The average Bonchev–Trinajstić information content (AvgIpc) is 3.38. The maximum Gasteiger partial charge on any atom is 0.254 e. The van der Waals surface area contributed by atoms with Crippen LogP contribution >= 0.6 is 0 Å². The van der Waals surface area contributed by atoms with E-state index in [9.17, 15) is 4.79 Å². The van der Waals surface area contributed by atoms with Gasteiger partial charge in [0.1, 0.15) is 11.5 Å². The van der Waals surface area contributed by atoms with Gasteiger partial charge in [0, 0.05) is 56.2 Å². The molecular weight excluding hydrogens is 398 g/mol. The van der Waals surface area contributed by atoms with Crippen LogP contribution in [0, 0.1) is 12.8 Å². The number of rotatable bonds is 5. The molecule has 0 spiro atoms. The van der Waals surface area contributed by atoms with Crippen LogP contribution in [0.3, 0.4) is 0 Å². The van der Waals surface area contributed by atoms with E-state index in [0.29, 0.717) is 12.5 Å². The Labute approximate surface area is 188 Å². The molecule has 6 nitrogen and oxygen atoms in total. The molecular formula is C26H29N5O. The molecule has 0 aliphatic carbocycles. The molecule has 0 saturated carbocycles. The van der Waals surface area contributed by atoms with Gasteiger partial charge in [-0.3, -0.25) is 4.79 Å². The van der Waals surface area contributed by atoms with E-state index in [4.69, 9.17) is 0 Å². The first-order valence-corrected chi connectivity index (χ1v) is 11.4. The highest BCUT2D eigenvalue weighted by molar-refractivity contribution is 5.95. The largest absolute Gasteiger partial charge is 0.339 e. The number of imidazole rings is 2. The lowest BCUT2D eigenvalue weighted by atomic mass is 9.93. The Kier molecular flexibility index (Phi) is 5.75. The molecule has 5 rings (SSSR count). The molecule has 1 fully saturated rings. The molecule has 164 valence electrons. The highest BCUT2D eigenvalue weighted by Crippen LogP contribution is 2.25. The summed E-state index contributed by atoms with van der Waals surface area (Å²) in [6, 6.07) is 12.3. The Morgan fingerprint density at radius 3 is 2.69 bits per heavy atom. The van der Waals surface area contributed by atoms with Gasteiger partial charge >= 0.3 is 0 Å². The molecule has 4 aromatic rings. The predicted molar refractivity (Wildman–Crippen MR) is 125 cm³/mol. The summed E-state index contributed by atoms with van der Waals surface area (Å²) in [6.07, 6.45) is 13.9. The molecule has 1 aliphatic heterocycles. The van der Waals surface area contributed by atoms with Crippen LogP contribution in [0.25, 0.3) is 5.65 Å². The third-order valence-electron chi connectivity index (χ3n) is 6.66. The first kappa shape index (κ1) is 20.5. The second-order valence-electron chi connectivity index (χ2n) is 8.74. The molecule has 1 amide bonds. The van der Waals surface area contributed by atoms with E-state index in [1.54, 1.807) is 6.20 Å². The lowest BCUT2D eigenvalue weighted by Gasteiger charge is -2.22. The molecule has 6 heteroatoms. The summed E-state index contributed by atoms with van der Waals surface area (Å²) in [4.78, 5) is 24.4. The summed E-state index contributed by atoms with van der Waals surface area (Å²) in [5.74, 6) is 1.67. The van der Waals surface area contributed by atoms with Gasteiger partial charge in [-0.15, -0.1) is 0 Å². The molecule has 0 N–H and O–H groups in total. The first-order valence-electron chi connectivity index (χ1n) is 11.4. The first-order chi connectivity index (χ1) is 15.7. The number of benzene rings is 1. The lowest BCUT2D eigenvalue weighted by molar-refractivity contribution is 0.0758. The third-order valence-corrected chi connectivity index (χ3v) is 6.66. The zero-order chi connectivity index (χ0) is 21.9. The van der Waals surface area contributed by atoms with Crippen molar-refractivity contribution in [1.29, 1.82) is 0 Å². The molecule has 1 saturated heterocycles. The maximum atomic E-state index is 13.5. The van der Waals surface area contributed by atoms with Crippen LogP contribution < -0.4 is 0 Å². The van der Waals surface area contributed by atoms with Crippen molar-refractivity contribution in [3.05, 3.63) is 89.9 Å². The summed E-state index contributed by atoms with van der Waals surface area (Å²) >= 11 is 0. The van der Waals surface area contributed by atoms with E-state index in [-0.39, 0.29) is 5.91 Å². The molecule has 0 bridgehead atoms. The number of amides is 1. The number of hydrogen-bond donors (Lipinski definition) is 0. The van der Waals surface area contributed by atoms with Gasteiger partial charge in [-0.2, -0.15) is 0 Å². The van der Waals surface area contributed by atoms with Gasteiger partial charge < -0.3 is 13.9 Å². The number of carbonyl (C=O) groups excluding carboxylic acids is 1. The summed E-state index contributed by atoms with van der Waals surface area (Å²) in [7, 11) is 0. The number of aromatic nitrogens is 4. The van der Waals surface area contributed by atoms with Crippen molar-refractivity contribution < 1.29 is 4.79 Å². The number of nitrogens with zero attached hydrogens (tertiary/aromatic N) is 5. The van der Waals surface area contributed by atoms with Crippen LogP contribution in [0.15, 0.2) is 67.4 Å². The SMILES string of the molecule is Cc1nccn1Cc1ccccc1C(=O)N1CCCC(Cc2cccn3ccnc23)CC1. The van der Waals surface area contributed by atoms with E-state index in [2.05, 4.69) is 42.0 Å². The Morgan fingerprint density at radius 1 is 0.969 bits per heavy atom. The van der Waals surface area contributed by atoms with Crippen LogP contribution in [0.1, 0.15) is 46.6 Å². The standard InChI is InChI=1S/C26H29N5O/c1-20-27-11-17-31(20)19-23-7-2-3-9-24(23)26(32)30-14-4-6-21(10-15-30)18-22-8-5-13-29-16-12-28-25(22)29/h2-3,5,7-9,11-13,16-17,21H,4,6,10,14-15,18-19H2,1H3. The van der Waals surface area contributed by atoms with E-state index < -0.39 is 0 Å². The molecule has 1 atom stereocenters. The number of hydrogen-bond acceptors (Lipinski definition) is 3. The molecule has 1 aromatic carbocycles. The van der Waals surface area contributed by atoms with Gasteiger partial charge in [0.15, 0.2) is 0 Å². The van der Waals surface area contributed by atoms with Crippen molar-refractivity contribution in [1.82, 2.24) is 23.8 Å². The van der Waals surface area contributed by atoms with Gasteiger partial charge in [-0.05, 0) is 61.8 Å². The van der Waals surface area contributed by atoms with Crippen molar-refractivity contribution in [3.8, 4) is 0 Å². The van der Waals surface area contributed by atoms with Crippen molar-refractivity contribution in [3.63, 3.8) is 0 Å². The van der Waals surface area contributed by atoms with Crippen LogP contribution in [0.4, 0.5) is 0 Å². The van der Waals surface area contributed by atoms with E-state index in [1.807, 2.05) is 49.9 Å². The minimum absolute atomic E-state index is 0.148. The van der Waals surface area contributed by atoms with E-state index >= 15 is 0 Å². The Morgan fingerprint density at radius 2 is 1.81 bits per heavy atom. The fourth-order valence-electron chi connectivity index (χ4n) is 4.84. The van der Waals surface area contributed by atoms with Gasteiger partial charge in [0.25, 0.3) is 5.91 Å². The zero-order valence-corrected chi connectivity index (χ0v) is 18.5. The maximum absolute atomic E-state index is 13.5. The Bertz CT molecular complexity index is 1220. The van der Waals surface area contributed by atoms with Crippen molar-refractivity contribution in [2.24, 2.45) is 5.92 Å². The van der Waals surface area contributed by atoms with Crippen LogP contribution in [-0.4, -0.2) is 42.8 Å². The normalized spacial score (nSPS) is 16.9. The highest BCUT2D eigenvalue weighted by Gasteiger charge is 2.24. The fourth-order valence-corrected chi connectivity index (χ4v) is 4.84. The number of pyridine rings is 1. The zero-order valence-electron chi connectivity index (χ0n) is 18.5. The predicted octanol–water partition coefficient (Wildman–Crippen LogP) is 4.37. The average molecular weight is 428 g/mol. The number of fused-ring (bicyclic) bond motifs is 1. The van der Waals surface area contributed by atoms with Gasteiger partial charge in [-0.25, -0.2) is 9.97 Å². The minimum atomic E-state index is 0.148. The second-order valence-corrected chi connectivity index (χ2v) is 8.74. The van der Waals surface area contributed by atoms with E-state index in [1.165, 1.54) is 5.56 Å². The van der Waals surface area contributed by atoms with Crippen molar-refractivity contribution in [2.45, 2.75) is 39.2 Å². The summed E-state index contributed by atoms with van der Waals surface area (Å²) in [6.45, 7) is 4.28. The van der Waals surface area contributed by atoms with Crippen molar-refractivity contribution in [2.75, 3.05) is 13.1 Å². The summed E-state index contributed by atoms with van der Waals surface area (Å²) in [5.41, 5.74) is 4.20. The third kappa shape index (κ3) is 4.17. The Balaban J connectivity index is 1.28. The van der Waals surface area contributed by atoms with Crippen LogP contribution in [-0.2, 0) is 13.0 Å². The van der Waals surface area contributed by atoms with Gasteiger partial charge in [-0.1, -0.05) is 24.3 Å². The minimum Gasteiger partial charge on any atom is -0.339 e. The number of likely N-dealkylation sites (tertiary alicyclic amines) is 1. The Hall–Kier alpha value is -3.41. The highest BCUT2D eigenvalue weighted by atomic mass is 16.2. The van der Waals surface area contributed by atoms with Gasteiger partial charge in [0.2, 0.25) is 0 Å². The molecule has 1 unspecified atom stereocenters. The molecule has 32 heavy (non-hydrogen) atoms. The smallest absolute Gasteiger partial charge is 0.254 e. The molecule has 4 heterocycles. The topological polar surface area (TPSA) is 55.4 Å². The molecule has 1 aliphatic rings. The van der Waals surface area contributed by atoms with Crippen LogP contribution in [0.2, 0.25) is 0 Å². The second kappa shape index (κ2) is 8.99. The van der Waals surface area contributed by atoms with Gasteiger partial charge in [0.05, 0.1) is 0 Å². The lowest BCUT2D eigenvalue weighted by Crippen LogP contribution is -2.33. The summed E-state index contributed by atoms with van der Waals surface area (Å²) in [5, 5.41) is 0. The van der Waals surface area contributed by atoms with E-state index in [0.717, 1.165) is 61.4 Å². The monoisotopic (exact) mass is 427 g/mol. The molecule has 0 radical (unpaired) electrons. The van der Waals surface area contributed by atoms with Crippen LogP contribution in [0.5, 0.6) is 0 Å². The fraction of sp³-hybridized carbons (Fsp3) is 0.346. The number of aryl methyl sites for hydroxylation is 1. The molecule has 3 aromatic heterocycles. The number of carbonyl (C=O) groups is 1. The quantitative estimate of drug-likeness (QED) is 0.475.